The van der Waals surface area contributed by atoms with Gasteiger partial charge in [-0.1, -0.05) is 36.4 Å². The molecule has 7 nitrogen and oxygen atoms in total. The molecule has 10 heteroatoms. The number of nitrogens with zero attached hydrogens (tertiary/aromatic N) is 1. The number of amides is 1. The lowest BCUT2D eigenvalue weighted by Gasteiger charge is -2.23. The number of halogens is 3. The number of carbonyl (C=O) groups is 2. The average molecular weight is 530 g/mol. The lowest BCUT2D eigenvalue weighted by atomic mass is 10.0. The van der Waals surface area contributed by atoms with Gasteiger partial charge in [0.2, 0.25) is 0 Å². The second-order valence-corrected chi connectivity index (χ2v) is 8.74. The van der Waals surface area contributed by atoms with Crippen molar-refractivity contribution in [3.05, 3.63) is 89.0 Å². The Morgan fingerprint density at radius 2 is 1.68 bits per heavy atom. The molecule has 0 bridgehead atoms. The molecule has 0 saturated carbocycles. The van der Waals surface area contributed by atoms with Gasteiger partial charge in [-0.05, 0) is 48.4 Å². The van der Waals surface area contributed by atoms with Crippen molar-refractivity contribution in [3.8, 4) is 17.2 Å². The maximum atomic E-state index is 13.6. The van der Waals surface area contributed by atoms with Crippen molar-refractivity contribution in [2.24, 2.45) is 0 Å². The van der Waals surface area contributed by atoms with E-state index in [1.54, 1.807) is 25.1 Å². The van der Waals surface area contributed by atoms with Gasteiger partial charge in [0, 0.05) is 5.56 Å². The standard InChI is InChI=1S/C28H26F3NO6/c1-17-26(19-7-5-4-6-8-19)38-27(34)32(17)16-20-15-21(28(29,30)31)10-12-22(20)37-24-13-18(14-25(33)36-3)9-11-23(24)35-2/h4-13,15,17,26H,14,16H2,1-3H3/t17-,26-/m1/s1. The van der Waals surface area contributed by atoms with Gasteiger partial charge >= 0.3 is 18.2 Å². The summed E-state index contributed by atoms with van der Waals surface area (Å²) in [5.74, 6) is 0.122. The molecule has 1 fully saturated rings. The topological polar surface area (TPSA) is 74.3 Å². The molecule has 1 heterocycles. The quantitative estimate of drug-likeness (QED) is 0.319. The summed E-state index contributed by atoms with van der Waals surface area (Å²) < 4.78 is 62.4. The van der Waals surface area contributed by atoms with Gasteiger partial charge in [0.25, 0.3) is 0 Å². The highest BCUT2D eigenvalue weighted by atomic mass is 19.4. The van der Waals surface area contributed by atoms with Gasteiger partial charge in [-0.2, -0.15) is 13.2 Å². The van der Waals surface area contributed by atoms with Crippen molar-refractivity contribution < 1.29 is 41.7 Å². The summed E-state index contributed by atoms with van der Waals surface area (Å²) in [6, 6.07) is 16.5. The van der Waals surface area contributed by atoms with Crippen LogP contribution in [-0.4, -0.2) is 37.2 Å². The lowest BCUT2D eigenvalue weighted by Crippen LogP contribution is -2.31. The monoisotopic (exact) mass is 529 g/mol. The van der Waals surface area contributed by atoms with Crippen molar-refractivity contribution in [2.45, 2.75) is 38.2 Å². The maximum Gasteiger partial charge on any atom is 0.416 e. The maximum absolute atomic E-state index is 13.6. The van der Waals surface area contributed by atoms with Crippen LogP contribution in [-0.2, 0) is 33.4 Å². The molecule has 0 spiro atoms. The molecular weight excluding hydrogens is 503 g/mol. The number of alkyl halides is 3. The van der Waals surface area contributed by atoms with E-state index in [-0.39, 0.29) is 30.0 Å². The van der Waals surface area contributed by atoms with E-state index >= 15 is 0 Å². The summed E-state index contributed by atoms with van der Waals surface area (Å²) in [7, 11) is 2.69. The van der Waals surface area contributed by atoms with Crippen LogP contribution in [0.3, 0.4) is 0 Å². The van der Waals surface area contributed by atoms with Crippen molar-refractivity contribution in [3.63, 3.8) is 0 Å². The summed E-state index contributed by atoms with van der Waals surface area (Å²) in [5, 5.41) is 0. The normalized spacial score (nSPS) is 17.2. The van der Waals surface area contributed by atoms with Crippen LogP contribution in [0.4, 0.5) is 18.0 Å². The smallest absolute Gasteiger partial charge is 0.416 e. The van der Waals surface area contributed by atoms with Crippen LogP contribution in [0, 0.1) is 0 Å². The molecule has 3 aromatic rings. The molecule has 200 valence electrons. The van der Waals surface area contributed by atoms with Crippen LogP contribution in [0.15, 0.2) is 66.7 Å². The number of methoxy groups -OCH3 is 2. The number of esters is 1. The Kier molecular flexibility index (Phi) is 7.80. The zero-order valence-corrected chi connectivity index (χ0v) is 21.0. The summed E-state index contributed by atoms with van der Waals surface area (Å²) >= 11 is 0. The van der Waals surface area contributed by atoms with Crippen LogP contribution < -0.4 is 9.47 Å². The molecule has 1 aliphatic heterocycles. The summed E-state index contributed by atoms with van der Waals surface area (Å²) in [6.07, 6.45) is -5.86. The number of ether oxygens (including phenoxy) is 4. The van der Waals surface area contributed by atoms with Gasteiger partial charge in [-0.15, -0.1) is 0 Å². The zero-order chi connectivity index (χ0) is 27.4. The summed E-state index contributed by atoms with van der Waals surface area (Å²) in [6.45, 7) is 1.59. The van der Waals surface area contributed by atoms with Crippen LogP contribution in [0.2, 0.25) is 0 Å². The number of hydrogen-bond acceptors (Lipinski definition) is 6. The van der Waals surface area contributed by atoms with Crippen molar-refractivity contribution in [1.82, 2.24) is 4.90 Å². The first kappa shape index (κ1) is 26.8. The predicted molar refractivity (Wildman–Crippen MR) is 131 cm³/mol. The first-order valence-electron chi connectivity index (χ1n) is 11.7. The fourth-order valence-corrected chi connectivity index (χ4v) is 4.23. The first-order chi connectivity index (χ1) is 18.1. The molecule has 0 N–H and O–H groups in total. The SMILES string of the molecule is COC(=O)Cc1ccc(OC)c(Oc2ccc(C(F)(F)F)cc2CN2C(=O)O[C@@H](c3ccccc3)[C@H]2C)c1. The number of rotatable bonds is 8. The molecule has 0 aliphatic carbocycles. The fraction of sp³-hybridized carbons (Fsp3) is 0.286. The van der Waals surface area contributed by atoms with Crippen molar-refractivity contribution in [2.75, 3.05) is 14.2 Å². The van der Waals surface area contributed by atoms with Crippen LogP contribution >= 0.6 is 0 Å². The molecule has 0 aromatic heterocycles. The average Bonchev–Trinajstić information content (AvgIpc) is 3.18. The van der Waals surface area contributed by atoms with Gasteiger partial charge in [0.15, 0.2) is 11.5 Å². The second-order valence-electron chi connectivity index (χ2n) is 8.74. The molecule has 1 aliphatic rings. The Balaban J connectivity index is 1.68. The van der Waals surface area contributed by atoms with Gasteiger partial charge in [0.1, 0.15) is 11.9 Å². The molecule has 1 amide bonds. The third kappa shape index (κ3) is 5.85. The van der Waals surface area contributed by atoms with Gasteiger partial charge in [-0.25, -0.2) is 4.79 Å². The summed E-state index contributed by atoms with van der Waals surface area (Å²) in [5.41, 5.74) is 0.580. The van der Waals surface area contributed by atoms with Gasteiger partial charge in [0.05, 0.1) is 38.8 Å². The number of carbonyl (C=O) groups excluding carboxylic acids is 2. The van der Waals surface area contributed by atoms with Gasteiger partial charge < -0.3 is 18.9 Å². The second kappa shape index (κ2) is 11.0. The van der Waals surface area contributed by atoms with Gasteiger partial charge in [-0.3, -0.25) is 9.69 Å². The van der Waals surface area contributed by atoms with Crippen LogP contribution in [0.1, 0.15) is 35.3 Å². The van der Waals surface area contributed by atoms with Crippen molar-refractivity contribution >= 4 is 12.1 Å². The van der Waals surface area contributed by atoms with E-state index in [9.17, 15) is 22.8 Å². The molecule has 0 unspecified atom stereocenters. The van der Waals surface area contributed by atoms with E-state index < -0.39 is 35.9 Å². The Hall–Kier alpha value is -4.21. The molecule has 2 atom stereocenters. The number of cyclic esters (lactones) is 1. The molecule has 38 heavy (non-hydrogen) atoms. The zero-order valence-electron chi connectivity index (χ0n) is 21.0. The van der Waals surface area contributed by atoms with E-state index in [0.29, 0.717) is 11.3 Å². The molecule has 1 saturated heterocycles. The van der Waals surface area contributed by atoms with E-state index in [0.717, 1.165) is 17.7 Å². The van der Waals surface area contributed by atoms with E-state index in [2.05, 4.69) is 0 Å². The Morgan fingerprint density at radius 3 is 2.34 bits per heavy atom. The lowest BCUT2D eigenvalue weighted by molar-refractivity contribution is -0.140. The highest BCUT2D eigenvalue weighted by molar-refractivity contribution is 5.73. The van der Waals surface area contributed by atoms with E-state index in [1.165, 1.54) is 25.2 Å². The molecule has 3 aromatic carbocycles. The minimum absolute atomic E-state index is 0.0330. The number of benzene rings is 3. The first-order valence-corrected chi connectivity index (χ1v) is 11.7. The minimum atomic E-state index is -4.60. The molecule has 0 radical (unpaired) electrons. The van der Waals surface area contributed by atoms with Crippen molar-refractivity contribution in [1.29, 1.82) is 0 Å². The van der Waals surface area contributed by atoms with Crippen LogP contribution in [0.25, 0.3) is 0 Å². The summed E-state index contributed by atoms with van der Waals surface area (Å²) in [4.78, 5) is 25.9. The minimum Gasteiger partial charge on any atom is -0.493 e. The Labute approximate surface area is 217 Å². The highest BCUT2D eigenvalue weighted by Crippen LogP contribution is 2.40. The highest BCUT2D eigenvalue weighted by Gasteiger charge is 2.40. The number of hydrogen-bond donors (Lipinski definition) is 0. The van der Waals surface area contributed by atoms with Crippen LogP contribution in [0.5, 0.6) is 17.2 Å². The Morgan fingerprint density at radius 1 is 0.974 bits per heavy atom. The molecular formula is C28H26F3NO6. The molecule has 4 rings (SSSR count). The van der Waals surface area contributed by atoms with E-state index in [1.807, 2.05) is 30.3 Å². The predicted octanol–water partition coefficient (Wildman–Crippen LogP) is 6.30. The Bertz CT molecular complexity index is 1310. The fourth-order valence-electron chi connectivity index (χ4n) is 4.23. The largest absolute Gasteiger partial charge is 0.493 e. The third-order valence-corrected chi connectivity index (χ3v) is 6.27. The third-order valence-electron chi connectivity index (χ3n) is 6.27. The van der Waals surface area contributed by atoms with E-state index in [4.69, 9.17) is 18.9 Å².